The molecule has 2 atom stereocenters. The number of nitrogens with zero attached hydrogens (tertiary/aromatic N) is 3. The van der Waals surface area contributed by atoms with Gasteiger partial charge in [0.15, 0.2) is 0 Å². The number of hydrogen-bond donors (Lipinski definition) is 1. The van der Waals surface area contributed by atoms with E-state index in [2.05, 4.69) is 24.3 Å². The molecule has 1 saturated heterocycles. The lowest BCUT2D eigenvalue weighted by Crippen LogP contribution is -2.58. The molecule has 0 radical (unpaired) electrons. The molecule has 1 aromatic heterocycles. The van der Waals surface area contributed by atoms with E-state index >= 15 is 0 Å². The summed E-state index contributed by atoms with van der Waals surface area (Å²) in [7, 11) is 0. The molecular weight excluding hydrogens is 204 g/mol. The van der Waals surface area contributed by atoms with Gasteiger partial charge in [0, 0.05) is 31.4 Å². The lowest BCUT2D eigenvalue weighted by atomic mass is 10.1. The highest BCUT2D eigenvalue weighted by Gasteiger charge is 2.29. The number of piperazine rings is 1. The van der Waals surface area contributed by atoms with Crippen LogP contribution in [0.4, 0.5) is 4.79 Å². The number of nitrogens with one attached hydrogen (secondary N) is 1. The Morgan fingerprint density at radius 3 is 2.56 bits per heavy atom. The first kappa shape index (κ1) is 11.1. The van der Waals surface area contributed by atoms with E-state index in [1.54, 1.807) is 6.20 Å². The van der Waals surface area contributed by atoms with Crippen LogP contribution < -0.4 is 5.32 Å². The summed E-state index contributed by atoms with van der Waals surface area (Å²) in [6, 6.07) is 2.23. The Labute approximate surface area is 95.4 Å². The fraction of sp³-hybridized carbons (Fsp3) is 0.636. The Morgan fingerprint density at radius 2 is 2.06 bits per heavy atom. The van der Waals surface area contributed by atoms with Crippen LogP contribution in [0.3, 0.4) is 0 Å². The van der Waals surface area contributed by atoms with Gasteiger partial charge in [0.05, 0.1) is 5.69 Å². The lowest BCUT2D eigenvalue weighted by Gasteiger charge is -2.38. The SMILES string of the molecule is Cc1ccn(C(=O)N2[C@H](C)CNC[C@H]2C)n1. The molecule has 1 N–H and O–H groups in total. The molecule has 1 amide bonds. The quantitative estimate of drug-likeness (QED) is 0.707. The van der Waals surface area contributed by atoms with Crippen LogP contribution in [0.1, 0.15) is 19.5 Å². The summed E-state index contributed by atoms with van der Waals surface area (Å²) < 4.78 is 1.42. The summed E-state index contributed by atoms with van der Waals surface area (Å²) in [5.41, 5.74) is 0.865. The van der Waals surface area contributed by atoms with E-state index < -0.39 is 0 Å². The lowest BCUT2D eigenvalue weighted by molar-refractivity contribution is 0.131. The fourth-order valence-electron chi connectivity index (χ4n) is 2.15. The van der Waals surface area contributed by atoms with Crippen molar-refractivity contribution in [2.24, 2.45) is 0 Å². The second-order valence-electron chi connectivity index (χ2n) is 4.45. The minimum atomic E-state index is -0.0328. The largest absolute Gasteiger partial charge is 0.345 e. The maximum absolute atomic E-state index is 12.2. The molecule has 1 fully saturated rings. The van der Waals surface area contributed by atoms with Gasteiger partial charge in [-0.1, -0.05) is 0 Å². The highest BCUT2D eigenvalue weighted by atomic mass is 16.2. The molecule has 0 aliphatic carbocycles. The second kappa shape index (κ2) is 4.25. The van der Waals surface area contributed by atoms with Crippen molar-refractivity contribution in [2.75, 3.05) is 13.1 Å². The van der Waals surface area contributed by atoms with Gasteiger partial charge in [-0.3, -0.25) is 0 Å². The molecule has 2 rings (SSSR count). The topological polar surface area (TPSA) is 50.2 Å². The molecule has 0 aromatic carbocycles. The molecule has 1 aromatic rings. The van der Waals surface area contributed by atoms with Crippen LogP contribution >= 0.6 is 0 Å². The summed E-state index contributed by atoms with van der Waals surface area (Å²) >= 11 is 0. The maximum Gasteiger partial charge on any atom is 0.345 e. The van der Waals surface area contributed by atoms with Gasteiger partial charge in [-0.15, -0.1) is 0 Å². The fourth-order valence-corrected chi connectivity index (χ4v) is 2.15. The molecule has 1 aliphatic heterocycles. The van der Waals surface area contributed by atoms with Gasteiger partial charge in [-0.05, 0) is 26.8 Å². The van der Waals surface area contributed by atoms with Gasteiger partial charge >= 0.3 is 6.03 Å². The predicted octanol–water partition coefficient (Wildman–Crippen LogP) is 0.842. The van der Waals surface area contributed by atoms with Crippen LogP contribution in [0, 0.1) is 6.92 Å². The standard InChI is InChI=1S/C11H18N4O/c1-8-4-5-14(13-8)11(16)15-9(2)6-12-7-10(15)3/h4-5,9-10,12H,6-7H2,1-3H3/t9-,10-/m1/s1. The molecular formula is C11H18N4O. The molecule has 0 saturated carbocycles. The highest BCUT2D eigenvalue weighted by molar-refractivity contribution is 5.76. The molecule has 0 unspecified atom stereocenters. The van der Waals surface area contributed by atoms with Crippen LogP contribution in [0.2, 0.25) is 0 Å². The van der Waals surface area contributed by atoms with Crippen molar-refractivity contribution in [3.05, 3.63) is 18.0 Å². The van der Waals surface area contributed by atoms with Gasteiger partial charge in [0.25, 0.3) is 0 Å². The van der Waals surface area contributed by atoms with Crippen LogP contribution in [0.25, 0.3) is 0 Å². The van der Waals surface area contributed by atoms with Gasteiger partial charge in [-0.2, -0.15) is 9.78 Å². The first-order chi connectivity index (χ1) is 7.59. The normalized spacial score (nSPS) is 25.8. The first-order valence-electron chi connectivity index (χ1n) is 5.65. The van der Waals surface area contributed by atoms with Crippen LogP contribution in [0.15, 0.2) is 12.3 Å². The van der Waals surface area contributed by atoms with Crippen molar-refractivity contribution in [1.29, 1.82) is 0 Å². The molecule has 16 heavy (non-hydrogen) atoms. The van der Waals surface area contributed by atoms with Gasteiger partial charge < -0.3 is 10.2 Å². The number of carbonyl (C=O) groups is 1. The van der Waals surface area contributed by atoms with Crippen molar-refractivity contribution in [3.63, 3.8) is 0 Å². The monoisotopic (exact) mass is 222 g/mol. The zero-order chi connectivity index (χ0) is 11.7. The van der Waals surface area contributed by atoms with E-state index in [0.717, 1.165) is 18.8 Å². The molecule has 2 heterocycles. The summed E-state index contributed by atoms with van der Waals surface area (Å²) in [5, 5.41) is 7.46. The Hall–Kier alpha value is -1.36. The second-order valence-corrected chi connectivity index (χ2v) is 4.45. The number of carbonyl (C=O) groups excluding carboxylic acids is 1. The van der Waals surface area contributed by atoms with E-state index in [4.69, 9.17) is 0 Å². The molecule has 0 spiro atoms. The predicted molar refractivity (Wildman–Crippen MR) is 61.4 cm³/mol. The number of rotatable bonds is 0. The minimum Gasteiger partial charge on any atom is -0.315 e. The summed E-state index contributed by atoms with van der Waals surface area (Å²) in [6.45, 7) is 7.68. The van der Waals surface area contributed by atoms with E-state index in [1.807, 2.05) is 17.9 Å². The van der Waals surface area contributed by atoms with E-state index in [1.165, 1.54) is 4.68 Å². The minimum absolute atomic E-state index is 0.0328. The van der Waals surface area contributed by atoms with Crippen LogP contribution in [-0.4, -0.2) is 45.9 Å². The Morgan fingerprint density at radius 1 is 1.44 bits per heavy atom. The number of aryl methyl sites for hydroxylation is 1. The zero-order valence-electron chi connectivity index (χ0n) is 9.97. The highest BCUT2D eigenvalue weighted by Crippen LogP contribution is 2.11. The third-order valence-corrected chi connectivity index (χ3v) is 2.97. The van der Waals surface area contributed by atoms with E-state index in [9.17, 15) is 4.79 Å². The Balaban J connectivity index is 2.19. The van der Waals surface area contributed by atoms with Crippen LogP contribution in [-0.2, 0) is 0 Å². The number of hydrogen-bond acceptors (Lipinski definition) is 3. The maximum atomic E-state index is 12.2. The molecule has 88 valence electrons. The average Bonchev–Trinajstić information content (AvgIpc) is 2.64. The molecule has 5 heteroatoms. The molecule has 1 aliphatic rings. The Kier molecular flexibility index (Phi) is 2.96. The van der Waals surface area contributed by atoms with Crippen molar-refractivity contribution < 1.29 is 4.79 Å². The van der Waals surface area contributed by atoms with Crippen molar-refractivity contribution >= 4 is 6.03 Å². The van der Waals surface area contributed by atoms with E-state index in [0.29, 0.717) is 0 Å². The molecule has 0 bridgehead atoms. The number of amides is 1. The van der Waals surface area contributed by atoms with Gasteiger partial charge in [0.2, 0.25) is 0 Å². The first-order valence-corrected chi connectivity index (χ1v) is 5.65. The van der Waals surface area contributed by atoms with Gasteiger partial charge in [-0.25, -0.2) is 4.79 Å². The summed E-state index contributed by atoms with van der Waals surface area (Å²) in [4.78, 5) is 14.1. The Bertz CT molecular complexity index is 377. The number of aromatic nitrogens is 2. The van der Waals surface area contributed by atoms with Crippen molar-refractivity contribution in [1.82, 2.24) is 20.0 Å². The van der Waals surface area contributed by atoms with Crippen LogP contribution in [0.5, 0.6) is 0 Å². The average molecular weight is 222 g/mol. The third-order valence-electron chi connectivity index (χ3n) is 2.97. The summed E-state index contributed by atoms with van der Waals surface area (Å²) in [6.07, 6.45) is 1.72. The molecule has 5 nitrogen and oxygen atoms in total. The van der Waals surface area contributed by atoms with Gasteiger partial charge in [0.1, 0.15) is 0 Å². The summed E-state index contributed by atoms with van der Waals surface area (Å²) in [5.74, 6) is 0. The zero-order valence-corrected chi connectivity index (χ0v) is 9.97. The van der Waals surface area contributed by atoms with Crippen molar-refractivity contribution in [3.8, 4) is 0 Å². The van der Waals surface area contributed by atoms with E-state index in [-0.39, 0.29) is 18.1 Å². The smallest absolute Gasteiger partial charge is 0.315 e. The van der Waals surface area contributed by atoms with Crippen molar-refractivity contribution in [2.45, 2.75) is 32.9 Å². The third kappa shape index (κ3) is 1.95.